The molecule has 0 radical (unpaired) electrons. The van der Waals surface area contributed by atoms with Crippen LogP contribution in [0.3, 0.4) is 0 Å². The van der Waals surface area contributed by atoms with Gasteiger partial charge < -0.3 is 5.11 Å². The SMILES string of the molecule is CC(C)c1ccc(C(=O)C[C@H](Sc2ccc(Cl)cc2)C(=O)O)cc1. The molecule has 1 N–H and O–H groups in total. The van der Waals surface area contributed by atoms with Crippen LogP contribution in [-0.4, -0.2) is 22.1 Å². The first-order chi connectivity index (χ1) is 11.4. The number of aliphatic carboxylic acids is 1. The Balaban J connectivity index is 2.07. The molecule has 0 saturated carbocycles. The van der Waals surface area contributed by atoms with Crippen molar-refractivity contribution in [3.8, 4) is 0 Å². The van der Waals surface area contributed by atoms with E-state index in [9.17, 15) is 14.7 Å². The number of benzene rings is 2. The van der Waals surface area contributed by atoms with E-state index in [4.69, 9.17) is 11.6 Å². The molecule has 0 fully saturated rings. The number of rotatable bonds is 7. The molecule has 3 nitrogen and oxygen atoms in total. The quantitative estimate of drug-likeness (QED) is 0.537. The lowest BCUT2D eigenvalue weighted by Crippen LogP contribution is -2.20. The second-order valence-corrected chi connectivity index (χ2v) is 7.52. The Labute approximate surface area is 151 Å². The van der Waals surface area contributed by atoms with E-state index in [-0.39, 0.29) is 12.2 Å². The highest BCUT2D eigenvalue weighted by Gasteiger charge is 2.23. The van der Waals surface area contributed by atoms with E-state index in [2.05, 4.69) is 13.8 Å². The van der Waals surface area contributed by atoms with Gasteiger partial charge in [-0.25, -0.2) is 0 Å². The van der Waals surface area contributed by atoms with Crippen LogP contribution in [0, 0.1) is 0 Å². The zero-order chi connectivity index (χ0) is 17.7. The minimum atomic E-state index is -0.998. The molecule has 0 bridgehead atoms. The molecular formula is C19H19ClO3S. The van der Waals surface area contributed by atoms with Gasteiger partial charge in [0.05, 0.1) is 0 Å². The van der Waals surface area contributed by atoms with E-state index in [1.54, 1.807) is 36.4 Å². The second kappa shape index (κ2) is 8.36. The zero-order valence-electron chi connectivity index (χ0n) is 13.5. The highest BCUT2D eigenvalue weighted by molar-refractivity contribution is 8.00. The summed E-state index contributed by atoms with van der Waals surface area (Å²) in [6.07, 6.45) is -0.0519. The standard InChI is InChI=1S/C19H19ClO3S/c1-12(2)13-3-5-14(6-4-13)17(21)11-18(19(22)23)24-16-9-7-15(20)8-10-16/h3-10,12,18H,11H2,1-2H3,(H,22,23)/t18-/m0/s1. The van der Waals surface area contributed by atoms with E-state index in [1.807, 2.05) is 12.1 Å². The van der Waals surface area contributed by atoms with Crippen molar-refractivity contribution >= 4 is 35.1 Å². The molecule has 1 atom stereocenters. The number of hydrogen-bond acceptors (Lipinski definition) is 3. The van der Waals surface area contributed by atoms with Crippen molar-refractivity contribution in [3.63, 3.8) is 0 Å². The number of carboxylic acids is 1. The smallest absolute Gasteiger partial charge is 0.317 e. The Morgan fingerprint density at radius 2 is 1.62 bits per heavy atom. The highest BCUT2D eigenvalue weighted by atomic mass is 35.5. The van der Waals surface area contributed by atoms with Crippen molar-refractivity contribution in [1.82, 2.24) is 0 Å². The lowest BCUT2D eigenvalue weighted by molar-refractivity contribution is -0.136. The van der Waals surface area contributed by atoms with Crippen molar-refractivity contribution in [2.45, 2.75) is 36.3 Å². The van der Waals surface area contributed by atoms with Crippen molar-refractivity contribution in [1.29, 1.82) is 0 Å². The summed E-state index contributed by atoms with van der Waals surface area (Å²) in [6.45, 7) is 4.17. The molecule has 0 saturated heterocycles. The molecule has 2 aromatic carbocycles. The van der Waals surface area contributed by atoms with Crippen LogP contribution in [0.2, 0.25) is 5.02 Å². The fraction of sp³-hybridized carbons (Fsp3) is 0.263. The molecule has 126 valence electrons. The van der Waals surface area contributed by atoms with Gasteiger partial charge in [-0.3, -0.25) is 9.59 Å². The largest absolute Gasteiger partial charge is 0.480 e. The van der Waals surface area contributed by atoms with Gasteiger partial charge in [-0.2, -0.15) is 0 Å². The third kappa shape index (κ3) is 5.11. The van der Waals surface area contributed by atoms with Crippen LogP contribution in [0.15, 0.2) is 53.4 Å². The molecule has 2 aromatic rings. The van der Waals surface area contributed by atoms with Crippen LogP contribution in [0.25, 0.3) is 0 Å². The van der Waals surface area contributed by atoms with Gasteiger partial charge in [0.2, 0.25) is 0 Å². The molecule has 5 heteroatoms. The number of hydrogen-bond donors (Lipinski definition) is 1. The van der Waals surface area contributed by atoms with Gasteiger partial charge in [-0.15, -0.1) is 11.8 Å². The monoisotopic (exact) mass is 362 g/mol. The normalized spacial score (nSPS) is 12.2. The van der Waals surface area contributed by atoms with Crippen LogP contribution in [0.5, 0.6) is 0 Å². The van der Waals surface area contributed by atoms with Gasteiger partial charge in [0, 0.05) is 21.9 Å². The summed E-state index contributed by atoms with van der Waals surface area (Å²) < 4.78 is 0. The first-order valence-electron chi connectivity index (χ1n) is 7.65. The molecule has 0 aliphatic rings. The molecule has 2 rings (SSSR count). The number of ketones is 1. The predicted octanol–water partition coefficient (Wildman–Crippen LogP) is 5.28. The summed E-state index contributed by atoms with van der Waals surface area (Å²) in [6, 6.07) is 14.3. The second-order valence-electron chi connectivity index (χ2n) is 5.80. The molecule has 0 amide bonds. The number of Topliss-reactive ketones (excluding diaryl/α,β-unsaturated/α-hetero) is 1. The minimum absolute atomic E-state index is 0.0519. The Hall–Kier alpha value is -1.78. The van der Waals surface area contributed by atoms with E-state index >= 15 is 0 Å². The van der Waals surface area contributed by atoms with Crippen LogP contribution < -0.4 is 0 Å². The lowest BCUT2D eigenvalue weighted by Gasteiger charge is -2.12. The van der Waals surface area contributed by atoms with Crippen LogP contribution in [0.1, 0.15) is 42.1 Å². The summed E-state index contributed by atoms with van der Waals surface area (Å²) >= 11 is 6.99. The van der Waals surface area contributed by atoms with Gasteiger partial charge in [0.15, 0.2) is 5.78 Å². The van der Waals surface area contributed by atoms with Crippen molar-refractivity contribution in [2.24, 2.45) is 0 Å². The van der Waals surface area contributed by atoms with Crippen LogP contribution in [-0.2, 0) is 4.79 Å². The van der Waals surface area contributed by atoms with Crippen LogP contribution in [0.4, 0.5) is 0 Å². The summed E-state index contributed by atoms with van der Waals surface area (Å²) in [5.74, 6) is -0.775. The number of carbonyl (C=O) groups excluding carboxylic acids is 1. The number of thioether (sulfide) groups is 1. The summed E-state index contributed by atoms with van der Waals surface area (Å²) in [4.78, 5) is 24.6. The average molecular weight is 363 g/mol. The summed E-state index contributed by atoms with van der Waals surface area (Å²) in [5.41, 5.74) is 1.69. The van der Waals surface area contributed by atoms with Gasteiger partial charge in [0.25, 0.3) is 0 Å². The highest BCUT2D eigenvalue weighted by Crippen LogP contribution is 2.28. The first-order valence-corrected chi connectivity index (χ1v) is 8.90. The third-order valence-electron chi connectivity index (χ3n) is 3.64. The summed E-state index contributed by atoms with van der Waals surface area (Å²) in [5, 5.41) is 9.16. The van der Waals surface area contributed by atoms with E-state index < -0.39 is 11.2 Å². The fourth-order valence-electron chi connectivity index (χ4n) is 2.20. The molecule has 0 unspecified atom stereocenters. The number of halogens is 1. The fourth-order valence-corrected chi connectivity index (χ4v) is 3.28. The lowest BCUT2D eigenvalue weighted by atomic mass is 9.99. The molecule has 0 spiro atoms. The summed E-state index contributed by atoms with van der Waals surface area (Å²) in [7, 11) is 0. The van der Waals surface area contributed by atoms with Gasteiger partial charge in [-0.05, 0) is 35.7 Å². The Morgan fingerprint density at radius 1 is 1.04 bits per heavy atom. The number of carbonyl (C=O) groups is 2. The molecule has 0 aliphatic carbocycles. The number of carboxylic acid groups (broad SMARTS) is 1. The van der Waals surface area contributed by atoms with Crippen molar-refractivity contribution < 1.29 is 14.7 Å². The minimum Gasteiger partial charge on any atom is -0.480 e. The van der Waals surface area contributed by atoms with Gasteiger partial charge >= 0.3 is 5.97 Å². The maximum atomic E-state index is 12.4. The van der Waals surface area contributed by atoms with E-state index in [0.717, 1.165) is 22.2 Å². The van der Waals surface area contributed by atoms with E-state index in [0.29, 0.717) is 16.5 Å². The topological polar surface area (TPSA) is 54.4 Å². The van der Waals surface area contributed by atoms with E-state index in [1.165, 1.54) is 0 Å². The van der Waals surface area contributed by atoms with Gasteiger partial charge in [0.1, 0.15) is 5.25 Å². The maximum Gasteiger partial charge on any atom is 0.317 e. The Bertz CT molecular complexity index is 708. The molecular weight excluding hydrogens is 344 g/mol. The molecule has 0 heterocycles. The van der Waals surface area contributed by atoms with Gasteiger partial charge in [-0.1, -0.05) is 49.7 Å². The maximum absolute atomic E-state index is 12.4. The molecule has 0 aromatic heterocycles. The Kier molecular flexibility index (Phi) is 6.46. The molecule has 0 aliphatic heterocycles. The zero-order valence-corrected chi connectivity index (χ0v) is 15.1. The van der Waals surface area contributed by atoms with Crippen molar-refractivity contribution in [3.05, 3.63) is 64.7 Å². The predicted molar refractivity (Wildman–Crippen MR) is 98.2 cm³/mol. The first kappa shape index (κ1) is 18.6. The average Bonchev–Trinajstić information content (AvgIpc) is 2.56. The third-order valence-corrected chi connectivity index (χ3v) is 5.09. The Morgan fingerprint density at radius 3 is 2.12 bits per heavy atom. The van der Waals surface area contributed by atoms with Crippen LogP contribution >= 0.6 is 23.4 Å². The van der Waals surface area contributed by atoms with Crippen molar-refractivity contribution in [2.75, 3.05) is 0 Å². The molecule has 24 heavy (non-hydrogen) atoms.